The molecule has 5 nitrogen and oxygen atoms in total. The zero-order valence-electron chi connectivity index (χ0n) is 18.1. The van der Waals surface area contributed by atoms with Crippen molar-refractivity contribution >= 4 is 11.9 Å². The monoisotopic (exact) mass is 433 g/mol. The Kier molecular flexibility index (Phi) is 32.8. The first-order valence-electron chi connectivity index (χ1n) is 10.2. The van der Waals surface area contributed by atoms with Crippen molar-refractivity contribution in [3.63, 3.8) is 0 Å². The fraction of sp³-hybridized carbons (Fsp3) is 0.900. The molecule has 0 aliphatic rings. The molecule has 0 saturated carbocycles. The number of carbonyl (C=O) groups is 2. The Morgan fingerprint density at radius 3 is 1.26 bits per heavy atom. The van der Waals surface area contributed by atoms with E-state index >= 15 is 0 Å². The predicted octanol–water partition coefficient (Wildman–Crippen LogP) is -3.72. The molecule has 0 aromatic carbocycles. The van der Waals surface area contributed by atoms with Crippen LogP contribution in [0.1, 0.15) is 96.8 Å². The van der Waals surface area contributed by atoms with Gasteiger partial charge in [0, 0.05) is 25.0 Å². The van der Waals surface area contributed by atoms with Gasteiger partial charge in [0.2, 0.25) is 0 Å². The van der Waals surface area contributed by atoms with E-state index in [0.717, 1.165) is 19.4 Å². The molecule has 0 N–H and O–H groups in total. The van der Waals surface area contributed by atoms with Crippen molar-refractivity contribution in [1.29, 1.82) is 0 Å². The van der Waals surface area contributed by atoms with Crippen LogP contribution in [-0.4, -0.2) is 36.5 Å². The normalized spacial score (nSPS) is 10.3. The second kappa shape index (κ2) is 26.2. The Morgan fingerprint density at radius 1 is 0.593 bits per heavy atom. The average molecular weight is 434 g/mol. The van der Waals surface area contributed by atoms with Crippen LogP contribution in [-0.2, 0) is 9.59 Å². The van der Waals surface area contributed by atoms with Gasteiger partial charge in [0.25, 0.3) is 0 Å². The van der Waals surface area contributed by atoms with Gasteiger partial charge < -0.3 is 24.7 Å². The molecule has 0 fully saturated rings. The summed E-state index contributed by atoms with van der Waals surface area (Å²) in [5, 5.41) is 21.1. The predicted molar refractivity (Wildman–Crippen MR) is 96.8 cm³/mol. The fourth-order valence-corrected chi connectivity index (χ4v) is 3.01. The summed E-state index contributed by atoms with van der Waals surface area (Å²) in [6.45, 7) is 3.70. The van der Waals surface area contributed by atoms with Gasteiger partial charge in [-0.3, -0.25) is 0 Å². The molecule has 0 radical (unpaired) electrons. The molecule has 7 heteroatoms. The van der Waals surface area contributed by atoms with Crippen LogP contribution in [0.25, 0.3) is 0 Å². The number of carbonyl (C=O) groups excluding carboxylic acids is 2. The number of aliphatic carboxylic acids is 2. The molecule has 0 atom stereocenters. The van der Waals surface area contributed by atoms with Gasteiger partial charge in [0.1, 0.15) is 0 Å². The molecule has 148 valence electrons. The fourth-order valence-electron chi connectivity index (χ4n) is 3.01. The summed E-state index contributed by atoms with van der Waals surface area (Å²) in [4.78, 5) is 23.0. The maximum atomic E-state index is 10.6. The number of hydrogen-bond donors (Lipinski definition) is 0. The molecular weight excluding hydrogens is 396 g/mol. The van der Waals surface area contributed by atoms with Gasteiger partial charge in [0.05, 0.1) is 0 Å². The average Bonchev–Trinajstić information content (AvgIpc) is 2.57. The minimum Gasteiger partial charge on any atom is -0.550 e. The summed E-state index contributed by atoms with van der Waals surface area (Å²) < 4.78 is 0. The summed E-state index contributed by atoms with van der Waals surface area (Å²) in [6, 6.07) is 0. The number of carboxylic acids is 2. The summed E-state index contributed by atoms with van der Waals surface area (Å²) >= 11 is 0. The molecule has 0 aliphatic carbocycles. The summed E-state index contributed by atoms with van der Waals surface area (Å²) in [5.74, 6) is -2.18. The Bertz CT molecular complexity index is 326. The molecule has 27 heavy (non-hydrogen) atoms. The Morgan fingerprint density at radius 2 is 0.926 bits per heavy atom. The van der Waals surface area contributed by atoms with Gasteiger partial charge in [-0.15, -0.1) is 0 Å². The van der Waals surface area contributed by atoms with Crippen molar-refractivity contribution < 1.29 is 123 Å². The molecule has 0 aromatic rings. The Hall–Kier alpha value is 2.17. The first kappa shape index (κ1) is 33.8. The summed E-state index contributed by atoms with van der Waals surface area (Å²) in [6.07, 6.45) is 15.2. The molecule has 0 amide bonds. The van der Waals surface area contributed by atoms with E-state index < -0.39 is 11.9 Å². The van der Waals surface area contributed by atoms with E-state index in [9.17, 15) is 19.8 Å². The van der Waals surface area contributed by atoms with Crippen molar-refractivity contribution in [2.24, 2.45) is 0 Å². The topological polar surface area (TPSA) is 83.5 Å². The van der Waals surface area contributed by atoms with Gasteiger partial charge in [-0.1, -0.05) is 77.6 Å². The first-order chi connectivity index (χ1) is 12.1. The van der Waals surface area contributed by atoms with Crippen LogP contribution in [0, 0.1) is 0 Å². The number of carboxylic acid groups (broad SMARTS) is 2. The molecule has 0 aliphatic heterocycles. The van der Waals surface area contributed by atoms with Crippen LogP contribution in [0.15, 0.2) is 0 Å². The molecule has 0 unspecified atom stereocenters. The largest absolute Gasteiger partial charge is 1.00 e. The maximum absolute atomic E-state index is 10.6. The smallest absolute Gasteiger partial charge is 0.550 e. The van der Waals surface area contributed by atoms with Gasteiger partial charge in [-0.25, -0.2) is 0 Å². The van der Waals surface area contributed by atoms with Gasteiger partial charge in [-0.2, -0.15) is 0 Å². The number of rotatable bonds is 19. The molecule has 0 rings (SSSR count). The quantitative estimate of drug-likeness (QED) is 0.155. The summed E-state index contributed by atoms with van der Waals surface area (Å²) in [7, 11) is 0. The van der Waals surface area contributed by atoms with Crippen LogP contribution >= 0.6 is 0 Å². The molecule has 0 saturated heterocycles. The Labute approximate surface area is 251 Å². The summed E-state index contributed by atoms with van der Waals surface area (Å²) in [5.41, 5.74) is 0. The van der Waals surface area contributed by atoms with E-state index in [-0.39, 0.29) is 116 Å². The third-order valence-electron chi connectivity index (χ3n) is 4.59. The third-order valence-corrected chi connectivity index (χ3v) is 4.59. The zero-order valence-corrected chi connectivity index (χ0v) is 24.3. The van der Waals surface area contributed by atoms with Crippen molar-refractivity contribution in [3.05, 3.63) is 0 Å². The second-order valence-electron chi connectivity index (χ2n) is 6.97. The second-order valence-corrected chi connectivity index (χ2v) is 6.97. The van der Waals surface area contributed by atoms with E-state index in [1.54, 1.807) is 0 Å². The third kappa shape index (κ3) is 28.2. The van der Waals surface area contributed by atoms with Crippen molar-refractivity contribution in [3.8, 4) is 0 Å². The molecular formula is C20H37K2NO4. The first-order valence-corrected chi connectivity index (χ1v) is 10.2. The van der Waals surface area contributed by atoms with Crippen LogP contribution in [0.4, 0.5) is 0 Å². The van der Waals surface area contributed by atoms with E-state index in [0.29, 0.717) is 13.1 Å². The minimum atomic E-state index is -1.09. The molecule has 0 aromatic heterocycles. The van der Waals surface area contributed by atoms with Gasteiger partial charge in [-0.05, 0) is 25.8 Å². The van der Waals surface area contributed by atoms with E-state index in [4.69, 9.17) is 0 Å². The van der Waals surface area contributed by atoms with Crippen LogP contribution < -0.4 is 113 Å². The van der Waals surface area contributed by atoms with Gasteiger partial charge >= 0.3 is 103 Å². The van der Waals surface area contributed by atoms with E-state index in [1.165, 1.54) is 64.2 Å². The SMILES string of the molecule is CCCCCCCCCCCCCCN(CCC(=O)[O-])CCC(=O)[O-].[K+].[K+]. The zero-order chi connectivity index (χ0) is 18.8. The maximum Gasteiger partial charge on any atom is 1.00 e. The van der Waals surface area contributed by atoms with Crippen molar-refractivity contribution in [1.82, 2.24) is 4.90 Å². The van der Waals surface area contributed by atoms with Crippen LogP contribution in [0.2, 0.25) is 0 Å². The van der Waals surface area contributed by atoms with E-state index in [2.05, 4.69) is 6.92 Å². The number of hydrogen-bond acceptors (Lipinski definition) is 5. The number of unbranched alkanes of at least 4 members (excludes halogenated alkanes) is 11. The van der Waals surface area contributed by atoms with Crippen molar-refractivity contribution in [2.45, 2.75) is 96.8 Å². The minimum absolute atomic E-state index is 0. The number of nitrogens with zero attached hydrogens (tertiary/aromatic N) is 1. The van der Waals surface area contributed by atoms with Crippen molar-refractivity contribution in [2.75, 3.05) is 19.6 Å². The van der Waals surface area contributed by atoms with Gasteiger partial charge in [0.15, 0.2) is 0 Å². The van der Waals surface area contributed by atoms with Crippen LogP contribution in [0.3, 0.4) is 0 Å². The van der Waals surface area contributed by atoms with Crippen LogP contribution in [0.5, 0.6) is 0 Å². The van der Waals surface area contributed by atoms with E-state index in [1.807, 2.05) is 4.90 Å². The Balaban J connectivity index is -0.00000288. The molecule has 0 heterocycles. The standard InChI is InChI=1S/C20H39NO4.2K/c1-2-3-4-5-6-7-8-9-10-11-12-13-16-21(17-14-19(22)23)18-15-20(24)25;;/h2-18H2,1H3,(H,22,23)(H,24,25);;/q;2*+1/p-2. The molecule has 0 bridgehead atoms. The molecule has 0 spiro atoms.